The molecule has 5 heteroatoms. The lowest BCUT2D eigenvalue weighted by Gasteiger charge is -2.13. The Bertz CT molecular complexity index is 222. The maximum atomic E-state index is 9.28. The van der Waals surface area contributed by atoms with Gasteiger partial charge in [-0.15, -0.1) is 0 Å². The minimum Gasteiger partial charge on any atom is -0.393 e. The molecule has 0 amide bonds. The molecule has 0 aliphatic carbocycles. The first-order valence-electron chi connectivity index (χ1n) is 9.01. The molecule has 0 spiro atoms. The third-order valence-electron chi connectivity index (χ3n) is 3.79. The van der Waals surface area contributed by atoms with E-state index < -0.39 is 0 Å². The second kappa shape index (κ2) is 15.3. The lowest BCUT2D eigenvalue weighted by molar-refractivity contribution is -0.132. The smallest absolute Gasteiger partial charge is 0.149 e. The van der Waals surface area contributed by atoms with Crippen molar-refractivity contribution in [1.82, 2.24) is 0 Å². The number of hydrogen-bond acceptors (Lipinski definition) is 5. The Balaban J connectivity index is 3.19. The molecule has 2 N–H and O–H groups in total. The van der Waals surface area contributed by atoms with Gasteiger partial charge in [0.2, 0.25) is 0 Å². The van der Waals surface area contributed by atoms with E-state index in [1.807, 2.05) is 13.8 Å². The number of rotatable bonds is 16. The molecule has 0 fully saturated rings. The van der Waals surface area contributed by atoms with Crippen LogP contribution in [0, 0.1) is 11.8 Å². The molecule has 0 aromatic rings. The van der Waals surface area contributed by atoms with E-state index in [9.17, 15) is 10.2 Å². The summed E-state index contributed by atoms with van der Waals surface area (Å²) in [5.41, 5.74) is 0. The third-order valence-corrected chi connectivity index (χ3v) is 3.79. The molecule has 0 bridgehead atoms. The molecular weight excluding hydrogens is 296 g/mol. The van der Waals surface area contributed by atoms with Gasteiger partial charge in [-0.25, -0.2) is 0 Å². The maximum Gasteiger partial charge on any atom is 0.149 e. The van der Waals surface area contributed by atoms with Crippen LogP contribution in [0.4, 0.5) is 0 Å². The van der Waals surface area contributed by atoms with Crippen molar-refractivity contribution in [3.8, 4) is 0 Å². The zero-order valence-electron chi connectivity index (χ0n) is 15.5. The molecule has 4 atom stereocenters. The van der Waals surface area contributed by atoms with Crippen LogP contribution in [0.25, 0.3) is 0 Å². The lowest BCUT2D eigenvalue weighted by Crippen LogP contribution is -2.10. The summed E-state index contributed by atoms with van der Waals surface area (Å²) in [4.78, 5) is 0. The van der Waals surface area contributed by atoms with E-state index in [0.717, 1.165) is 38.5 Å². The average Bonchev–Trinajstić information content (AvgIpc) is 2.43. The summed E-state index contributed by atoms with van der Waals surface area (Å²) in [6.45, 7) is 9.86. The Kier molecular flexibility index (Phi) is 15.2. The summed E-state index contributed by atoms with van der Waals surface area (Å²) >= 11 is 0. The predicted octanol–water partition coefficient (Wildman–Crippen LogP) is 3.33. The number of aliphatic hydroxyl groups is 2. The van der Waals surface area contributed by atoms with Crippen molar-refractivity contribution in [2.45, 2.75) is 78.4 Å². The summed E-state index contributed by atoms with van der Waals surface area (Å²) in [6, 6.07) is 0. The molecule has 0 saturated carbocycles. The fraction of sp³-hybridized carbons (Fsp3) is 1.00. The second-order valence-corrected chi connectivity index (χ2v) is 6.92. The first kappa shape index (κ1) is 22.8. The Morgan fingerprint density at radius 3 is 1.39 bits per heavy atom. The van der Waals surface area contributed by atoms with Crippen LogP contribution in [0.5, 0.6) is 0 Å². The molecule has 4 unspecified atom stereocenters. The Labute approximate surface area is 142 Å². The summed E-state index contributed by atoms with van der Waals surface area (Å²) in [5, 5.41) is 18.6. The zero-order valence-corrected chi connectivity index (χ0v) is 15.5. The van der Waals surface area contributed by atoms with Gasteiger partial charge in [-0.1, -0.05) is 13.8 Å². The monoisotopic (exact) mass is 334 g/mol. The summed E-state index contributed by atoms with van der Waals surface area (Å²) in [7, 11) is 0. The standard InChI is InChI=1S/C18H38O5/c1-15(11-17(3)19)7-5-9-21-13-23-14-22-10-6-8-16(2)12-18(4)20/h15-20H,5-14H2,1-4H3. The van der Waals surface area contributed by atoms with Crippen LogP contribution in [0.15, 0.2) is 0 Å². The van der Waals surface area contributed by atoms with Gasteiger partial charge in [0.25, 0.3) is 0 Å². The highest BCUT2D eigenvalue weighted by molar-refractivity contribution is 4.57. The predicted molar refractivity (Wildman–Crippen MR) is 92.1 cm³/mol. The van der Waals surface area contributed by atoms with Gasteiger partial charge in [-0.3, -0.25) is 0 Å². The molecule has 23 heavy (non-hydrogen) atoms. The second-order valence-electron chi connectivity index (χ2n) is 6.92. The first-order valence-corrected chi connectivity index (χ1v) is 9.01. The van der Waals surface area contributed by atoms with E-state index in [4.69, 9.17) is 14.2 Å². The van der Waals surface area contributed by atoms with Gasteiger partial charge in [0.05, 0.1) is 12.2 Å². The molecule has 0 heterocycles. The van der Waals surface area contributed by atoms with Gasteiger partial charge < -0.3 is 24.4 Å². The molecule has 0 aromatic carbocycles. The van der Waals surface area contributed by atoms with Crippen LogP contribution in [-0.4, -0.2) is 49.2 Å². The van der Waals surface area contributed by atoms with E-state index in [1.54, 1.807) is 0 Å². The van der Waals surface area contributed by atoms with Crippen LogP contribution in [-0.2, 0) is 14.2 Å². The van der Waals surface area contributed by atoms with Gasteiger partial charge in [0.1, 0.15) is 13.6 Å². The van der Waals surface area contributed by atoms with Crippen LogP contribution >= 0.6 is 0 Å². The van der Waals surface area contributed by atoms with Crippen LogP contribution < -0.4 is 0 Å². The van der Waals surface area contributed by atoms with E-state index in [0.29, 0.717) is 25.0 Å². The molecule has 5 nitrogen and oxygen atoms in total. The lowest BCUT2D eigenvalue weighted by atomic mass is 9.99. The Hall–Kier alpha value is -0.200. The quantitative estimate of drug-likeness (QED) is 0.335. The van der Waals surface area contributed by atoms with E-state index in [-0.39, 0.29) is 25.8 Å². The van der Waals surface area contributed by atoms with Crippen molar-refractivity contribution >= 4 is 0 Å². The van der Waals surface area contributed by atoms with E-state index in [1.165, 1.54) is 0 Å². The highest BCUT2D eigenvalue weighted by Crippen LogP contribution is 2.13. The average molecular weight is 334 g/mol. The number of ether oxygens (including phenoxy) is 3. The van der Waals surface area contributed by atoms with Crippen LogP contribution in [0.3, 0.4) is 0 Å². The van der Waals surface area contributed by atoms with Gasteiger partial charge in [0, 0.05) is 13.2 Å². The van der Waals surface area contributed by atoms with E-state index in [2.05, 4.69) is 13.8 Å². The SMILES string of the molecule is CC(O)CC(C)CCCOCOCOCCCC(C)CC(C)O. The topological polar surface area (TPSA) is 68.2 Å². The van der Waals surface area contributed by atoms with E-state index >= 15 is 0 Å². The number of aliphatic hydroxyl groups excluding tert-OH is 2. The fourth-order valence-corrected chi connectivity index (χ4v) is 2.74. The molecular formula is C18H38O5. The van der Waals surface area contributed by atoms with Crippen molar-refractivity contribution in [3.05, 3.63) is 0 Å². The first-order chi connectivity index (χ1) is 10.9. The van der Waals surface area contributed by atoms with Crippen LogP contribution in [0.2, 0.25) is 0 Å². The summed E-state index contributed by atoms with van der Waals surface area (Å²) in [6.07, 6.45) is 5.35. The Morgan fingerprint density at radius 2 is 1.04 bits per heavy atom. The Morgan fingerprint density at radius 1 is 0.652 bits per heavy atom. The molecule has 0 aliphatic rings. The zero-order chi connectivity index (χ0) is 17.5. The minimum atomic E-state index is -0.221. The van der Waals surface area contributed by atoms with Gasteiger partial charge >= 0.3 is 0 Å². The number of hydrogen-bond donors (Lipinski definition) is 2. The summed E-state index contributed by atoms with van der Waals surface area (Å²) < 4.78 is 16.0. The highest BCUT2D eigenvalue weighted by atomic mass is 16.7. The molecule has 0 aliphatic heterocycles. The van der Waals surface area contributed by atoms with Gasteiger partial charge in [0.15, 0.2) is 0 Å². The van der Waals surface area contributed by atoms with Crippen molar-refractivity contribution in [2.75, 3.05) is 26.8 Å². The fourth-order valence-electron chi connectivity index (χ4n) is 2.74. The van der Waals surface area contributed by atoms with Crippen molar-refractivity contribution in [3.63, 3.8) is 0 Å². The molecule has 0 radical (unpaired) electrons. The van der Waals surface area contributed by atoms with Gasteiger partial charge in [-0.05, 0) is 64.2 Å². The van der Waals surface area contributed by atoms with Gasteiger partial charge in [-0.2, -0.15) is 0 Å². The summed E-state index contributed by atoms with van der Waals surface area (Å²) in [5.74, 6) is 1.05. The normalized spacial score (nSPS) is 17.0. The van der Waals surface area contributed by atoms with Crippen LogP contribution in [0.1, 0.15) is 66.2 Å². The largest absolute Gasteiger partial charge is 0.393 e. The molecule has 140 valence electrons. The molecule has 0 saturated heterocycles. The molecule has 0 rings (SSSR count). The highest BCUT2D eigenvalue weighted by Gasteiger charge is 2.06. The maximum absolute atomic E-state index is 9.28. The minimum absolute atomic E-state index is 0.221. The molecule has 0 aromatic heterocycles. The van der Waals surface area contributed by atoms with Crippen molar-refractivity contribution in [1.29, 1.82) is 0 Å². The van der Waals surface area contributed by atoms with Crippen molar-refractivity contribution in [2.24, 2.45) is 11.8 Å². The third kappa shape index (κ3) is 18.0. The van der Waals surface area contributed by atoms with Crippen molar-refractivity contribution < 1.29 is 24.4 Å².